The van der Waals surface area contributed by atoms with Crippen LogP contribution in [0.2, 0.25) is 0 Å². The molecule has 0 aliphatic carbocycles. The van der Waals surface area contributed by atoms with Gasteiger partial charge in [0.1, 0.15) is 5.82 Å². The second kappa shape index (κ2) is 7.42. The van der Waals surface area contributed by atoms with Crippen molar-refractivity contribution in [3.05, 3.63) is 47.1 Å². The average Bonchev–Trinajstić information content (AvgIpc) is 3.03. The van der Waals surface area contributed by atoms with Crippen LogP contribution in [0.3, 0.4) is 0 Å². The van der Waals surface area contributed by atoms with Crippen LogP contribution in [0.5, 0.6) is 0 Å². The molecular formula is C18H22FN3OS. The lowest BCUT2D eigenvalue weighted by molar-refractivity contribution is -0.123. The Kier molecular flexibility index (Phi) is 5.28. The van der Waals surface area contributed by atoms with Crippen LogP contribution in [0.4, 0.5) is 4.39 Å². The van der Waals surface area contributed by atoms with E-state index < -0.39 is 0 Å². The van der Waals surface area contributed by atoms with Gasteiger partial charge in [-0.3, -0.25) is 14.6 Å². The SMILES string of the molecule is C[C@@H](C(N)=O)N1CCN(Cc2ccc(-c3ccccc3F)s2)CC1. The van der Waals surface area contributed by atoms with Gasteiger partial charge in [-0.2, -0.15) is 0 Å². The number of benzene rings is 1. The molecule has 1 aromatic heterocycles. The normalized spacial score (nSPS) is 17.8. The molecule has 2 aromatic rings. The molecule has 4 nitrogen and oxygen atoms in total. The van der Waals surface area contributed by atoms with E-state index in [0.29, 0.717) is 5.56 Å². The lowest BCUT2D eigenvalue weighted by Crippen LogP contribution is -2.52. The van der Waals surface area contributed by atoms with Crippen molar-refractivity contribution in [2.75, 3.05) is 26.2 Å². The third-order valence-electron chi connectivity index (χ3n) is 4.55. The number of nitrogens with zero attached hydrogens (tertiary/aromatic N) is 2. The molecule has 2 heterocycles. The molecule has 1 saturated heterocycles. The summed E-state index contributed by atoms with van der Waals surface area (Å²) < 4.78 is 13.9. The fourth-order valence-electron chi connectivity index (χ4n) is 2.98. The maximum Gasteiger partial charge on any atom is 0.234 e. The molecule has 0 unspecified atom stereocenters. The van der Waals surface area contributed by atoms with E-state index in [2.05, 4.69) is 15.9 Å². The molecule has 24 heavy (non-hydrogen) atoms. The maximum atomic E-state index is 13.9. The van der Waals surface area contributed by atoms with Gasteiger partial charge in [0.25, 0.3) is 0 Å². The summed E-state index contributed by atoms with van der Waals surface area (Å²) in [6.07, 6.45) is 0. The van der Waals surface area contributed by atoms with Crippen LogP contribution in [0.25, 0.3) is 10.4 Å². The van der Waals surface area contributed by atoms with Gasteiger partial charge in [-0.25, -0.2) is 4.39 Å². The fraction of sp³-hybridized carbons (Fsp3) is 0.389. The molecule has 128 valence electrons. The summed E-state index contributed by atoms with van der Waals surface area (Å²) in [4.78, 5) is 17.9. The van der Waals surface area contributed by atoms with Crippen molar-refractivity contribution in [1.29, 1.82) is 0 Å². The Bertz CT molecular complexity index is 710. The second-order valence-corrected chi connectivity index (χ2v) is 7.30. The standard InChI is InChI=1S/C18H22FN3OS/c1-13(18(20)23)22-10-8-21(9-11-22)12-14-6-7-17(24-14)15-4-2-3-5-16(15)19/h2-7,13H,8-12H2,1H3,(H2,20,23)/t13-/m0/s1. The van der Waals surface area contributed by atoms with Crippen molar-refractivity contribution in [2.24, 2.45) is 5.73 Å². The number of carbonyl (C=O) groups excluding carboxylic acids is 1. The minimum Gasteiger partial charge on any atom is -0.368 e. The van der Waals surface area contributed by atoms with Gasteiger partial charge in [0.2, 0.25) is 5.91 Å². The van der Waals surface area contributed by atoms with Crippen molar-refractivity contribution in [1.82, 2.24) is 9.80 Å². The first kappa shape index (κ1) is 17.1. The van der Waals surface area contributed by atoms with E-state index in [-0.39, 0.29) is 17.8 Å². The zero-order valence-electron chi connectivity index (χ0n) is 13.7. The van der Waals surface area contributed by atoms with E-state index in [9.17, 15) is 9.18 Å². The Morgan fingerprint density at radius 1 is 1.21 bits per heavy atom. The molecule has 6 heteroatoms. The molecule has 0 spiro atoms. The summed E-state index contributed by atoms with van der Waals surface area (Å²) in [5.41, 5.74) is 6.03. The monoisotopic (exact) mass is 347 g/mol. The van der Waals surface area contributed by atoms with Gasteiger partial charge in [-0.15, -0.1) is 11.3 Å². The Morgan fingerprint density at radius 3 is 2.58 bits per heavy atom. The number of hydrogen-bond donors (Lipinski definition) is 1. The highest BCUT2D eigenvalue weighted by molar-refractivity contribution is 7.15. The molecule has 1 amide bonds. The molecule has 1 atom stereocenters. The molecule has 1 aromatic carbocycles. The van der Waals surface area contributed by atoms with Gasteiger partial charge in [-0.1, -0.05) is 18.2 Å². The first-order valence-corrected chi connectivity index (χ1v) is 8.95. The predicted octanol–water partition coefficient (Wildman–Crippen LogP) is 2.55. The van der Waals surface area contributed by atoms with Gasteiger partial charge >= 0.3 is 0 Å². The van der Waals surface area contributed by atoms with E-state index in [0.717, 1.165) is 37.6 Å². The molecule has 0 radical (unpaired) electrons. The van der Waals surface area contributed by atoms with E-state index in [1.807, 2.05) is 25.1 Å². The summed E-state index contributed by atoms with van der Waals surface area (Å²) in [7, 11) is 0. The average molecular weight is 347 g/mol. The van der Waals surface area contributed by atoms with E-state index >= 15 is 0 Å². The number of nitrogens with two attached hydrogens (primary N) is 1. The van der Waals surface area contributed by atoms with Crippen molar-refractivity contribution < 1.29 is 9.18 Å². The van der Waals surface area contributed by atoms with Gasteiger partial charge in [0.15, 0.2) is 0 Å². The van der Waals surface area contributed by atoms with Gasteiger partial charge in [-0.05, 0) is 25.1 Å². The van der Waals surface area contributed by atoms with Crippen LogP contribution in [-0.4, -0.2) is 47.9 Å². The van der Waals surface area contributed by atoms with E-state index in [4.69, 9.17) is 5.73 Å². The number of amides is 1. The summed E-state index contributed by atoms with van der Waals surface area (Å²) >= 11 is 1.64. The minimum absolute atomic E-state index is 0.181. The quantitative estimate of drug-likeness (QED) is 0.904. The Morgan fingerprint density at radius 2 is 1.92 bits per heavy atom. The van der Waals surface area contributed by atoms with Crippen LogP contribution in [0, 0.1) is 5.82 Å². The lowest BCUT2D eigenvalue weighted by Gasteiger charge is -2.36. The molecule has 3 rings (SSSR count). The molecule has 1 aliphatic heterocycles. The highest BCUT2D eigenvalue weighted by Crippen LogP contribution is 2.30. The Hall–Kier alpha value is -1.76. The van der Waals surface area contributed by atoms with Gasteiger partial charge < -0.3 is 5.73 Å². The minimum atomic E-state index is -0.267. The summed E-state index contributed by atoms with van der Waals surface area (Å²) in [6, 6.07) is 10.7. The first-order chi connectivity index (χ1) is 11.5. The number of carbonyl (C=O) groups is 1. The predicted molar refractivity (Wildman–Crippen MR) is 95.2 cm³/mol. The third kappa shape index (κ3) is 3.83. The zero-order chi connectivity index (χ0) is 17.1. The maximum absolute atomic E-state index is 13.9. The fourth-order valence-corrected chi connectivity index (χ4v) is 4.06. The topological polar surface area (TPSA) is 49.6 Å². The molecule has 2 N–H and O–H groups in total. The van der Waals surface area contributed by atoms with Crippen LogP contribution in [0.15, 0.2) is 36.4 Å². The highest BCUT2D eigenvalue weighted by atomic mass is 32.1. The van der Waals surface area contributed by atoms with Gasteiger partial charge in [0, 0.05) is 48.0 Å². The molecule has 1 fully saturated rings. The van der Waals surface area contributed by atoms with Crippen molar-refractivity contribution in [3.8, 4) is 10.4 Å². The molecule has 0 saturated carbocycles. The van der Waals surface area contributed by atoms with Crippen LogP contribution >= 0.6 is 11.3 Å². The van der Waals surface area contributed by atoms with Crippen LogP contribution < -0.4 is 5.73 Å². The van der Waals surface area contributed by atoms with Crippen LogP contribution in [-0.2, 0) is 11.3 Å². The smallest absolute Gasteiger partial charge is 0.234 e. The molecular weight excluding hydrogens is 325 g/mol. The number of hydrogen-bond acceptors (Lipinski definition) is 4. The zero-order valence-corrected chi connectivity index (χ0v) is 14.6. The second-order valence-electron chi connectivity index (χ2n) is 6.14. The van der Waals surface area contributed by atoms with Crippen molar-refractivity contribution >= 4 is 17.2 Å². The third-order valence-corrected chi connectivity index (χ3v) is 5.65. The molecule has 1 aliphatic rings. The van der Waals surface area contributed by atoms with Gasteiger partial charge in [0.05, 0.1) is 6.04 Å². The number of primary amides is 1. The lowest BCUT2D eigenvalue weighted by atomic mass is 10.2. The van der Waals surface area contributed by atoms with Crippen molar-refractivity contribution in [2.45, 2.75) is 19.5 Å². The number of piperazine rings is 1. The number of rotatable bonds is 5. The number of thiophene rings is 1. The largest absolute Gasteiger partial charge is 0.368 e. The Balaban J connectivity index is 1.59. The summed E-state index contributed by atoms with van der Waals surface area (Å²) in [5, 5.41) is 0. The molecule has 0 bridgehead atoms. The number of halogens is 1. The van der Waals surface area contributed by atoms with E-state index in [1.54, 1.807) is 17.4 Å². The van der Waals surface area contributed by atoms with Crippen LogP contribution in [0.1, 0.15) is 11.8 Å². The van der Waals surface area contributed by atoms with Crippen molar-refractivity contribution in [3.63, 3.8) is 0 Å². The highest BCUT2D eigenvalue weighted by Gasteiger charge is 2.24. The summed E-state index contributed by atoms with van der Waals surface area (Å²) in [6.45, 7) is 6.22. The first-order valence-electron chi connectivity index (χ1n) is 8.14. The Labute approximate surface area is 145 Å². The summed E-state index contributed by atoms with van der Waals surface area (Å²) in [5.74, 6) is -0.448. The van der Waals surface area contributed by atoms with E-state index in [1.165, 1.54) is 10.9 Å².